The zero-order valence-electron chi connectivity index (χ0n) is 33.4. The van der Waals surface area contributed by atoms with Gasteiger partial charge in [-0.05, 0) is 190 Å². The van der Waals surface area contributed by atoms with Gasteiger partial charge in [-0.3, -0.25) is 0 Å². The largest absolute Gasteiger partial charge is 0.496 e. The minimum Gasteiger partial charge on any atom is -0.496 e. The van der Waals surface area contributed by atoms with Crippen LogP contribution in [-0.4, -0.2) is 19.9 Å². The third-order valence-electron chi connectivity index (χ3n) is 11.2. The Morgan fingerprint density at radius 2 is 1.20 bits per heavy atom. The lowest BCUT2D eigenvalue weighted by molar-refractivity contribution is -0.137. The van der Waals surface area contributed by atoms with Gasteiger partial charge in [0.2, 0.25) is 0 Å². The van der Waals surface area contributed by atoms with Crippen molar-refractivity contribution in [2.75, 3.05) is 14.2 Å². The lowest BCUT2D eigenvalue weighted by atomic mass is 9.87. The van der Waals surface area contributed by atoms with Crippen LogP contribution in [0.1, 0.15) is 82.2 Å². The van der Waals surface area contributed by atoms with E-state index in [1.54, 1.807) is 20.3 Å². The highest BCUT2D eigenvalue weighted by atomic mass is 31.1. The van der Waals surface area contributed by atoms with E-state index in [4.69, 9.17) is 9.47 Å². The number of benzene rings is 5. The highest BCUT2D eigenvalue weighted by Gasteiger charge is 2.40. The van der Waals surface area contributed by atoms with E-state index in [1.165, 1.54) is 27.5 Å². The van der Waals surface area contributed by atoms with E-state index in [0.29, 0.717) is 5.30 Å². The number of rotatable bonds is 11. The summed E-state index contributed by atoms with van der Waals surface area (Å²) in [6.45, 7) is 13.8. The lowest BCUT2D eigenvalue weighted by Gasteiger charge is -2.36. The molecule has 1 saturated carbocycles. The van der Waals surface area contributed by atoms with Crippen LogP contribution in [0.2, 0.25) is 0 Å². The Bertz CT molecular complexity index is 2050. The Balaban J connectivity index is 1.53. The molecule has 0 bridgehead atoms. The van der Waals surface area contributed by atoms with Gasteiger partial charge in [0.05, 0.1) is 19.8 Å². The van der Waals surface area contributed by atoms with Crippen LogP contribution in [0.25, 0.3) is 0 Å². The number of methoxy groups -OCH3 is 2. The Morgan fingerprint density at radius 3 is 1.71 bits per heavy atom. The molecule has 0 amide bonds. The van der Waals surface area contributed by atoms with Crippen LogP contribution in [0, 0.1) is 47.5 Å². The molecule has 2 nitrogen and oxygen atoms in total. The summed E-state index contributed by atoms with van der Waals surface area (Å²) in [5.41, 5.74) is 7.12. The molecule has 290 valence electrons. The first-order chi connectivity index (χ1) is 26.1. The molecule has 0 spiro atoms. The van der Waals surface area contributed by atoms with Gasteiger partial charge in [-0.1, -0.05) is 66.9 Å². The average Bonchev–Trinajstić information content (AvgIpc) is 3.61. The van der Waals surface area contributed by atoms with Crippen molar-refractivity contribution in [2.45, 2.75) is 92.2 Å². The maximum atomic E-state index is 14.3. The fourth-order valence-corrected chi connectivity index (χ4v) is 15.2. The maximum Gasteiger partial charge on any atom is 0.416 e. The molecule has 0 aromatic heterocycles. The van der Waals surface area contributed by atoms with Gasteiger partial charge >= 0.3 is 6.18 Å². The molecule has 0 heterocycles. The van der Waals surface area contributed by atoms with Gasteiger partial charge in [0.1, 0.15) is 18.2 Å². The summed E-state index contributed by atoms with van der Waals surface area (Å²) in [7, 11) is 1.12. The molecule has 0 saturated heterocycles. The van der Waals surface area contributed by atoms with E-state index in [0.717, 1.165) is 75.5 Å². The fraction of sp³-hybridized carbons (Fsp3) is 0.362. The second-order valence-electron chi connectivity index (χ2n) is 15.3. The Hall–Kier alpha value is -3.72. The third kappa shape index (κ3) is 8.52. The Labute approximate surface area is 327 Å². The average molecular weight is 787 g/mol. The molecule has 0 N–H and O–H groups in total. The molecule has 5 aromatic rings. The van der Waals surface area contributed by atoms with Gasteiger partial charge in [-0.15, -0.1) is 0 Å². The van der Waals surface area contributed by atoms with Gasteiger partial charge in [-0.25, -0.2) is 4.39 Å². The maximum absolute atomic E-state index is 14.3. The molecule has 3 unspecified atom stereocenters. The van der Waals surface area contributed by atoms with Crippen molar-refractivity contribution in [1.29, 1.82) is 0 Å². The smallest absolute Gasteiger partial charge is 0.416 e. The minimum atomic E-state index is -4.57. The minimum absolute atomic E-state index is 0.0230. The predicted octanol–water partition coefficient (Wildman–Crippen LogP) is 11.2. The summed E-state index contributed by atoms with van der Waals surface area (Å²) in [5, 5.41) is 5.40. The van der Waals surface area contributed by atoms with E-state index >= 15 is 0 Å². The first kappa shape index (κ1) is 40.9. The number of aryl methyl sites for hydroxylation is 6. The molecule has 6 rings (SSSR count). The van der Waals surface area contributed by atoms with Crippen LogP contribution >= 0.6 is 15.8 Å². The van der Waals surface area contributed by atoms with Crippen molar-refractivity contribution < 1.29 is 27.0 Å². The number of hydrogen-bond donors (Lipinski definition) is 0. The van der Waals surface area contributed by atoms with Gasteiger partial charge in [0.25, 0.3) is 0 Å². The zero-order chi connectivity index (χ0) is 39.8. The molecule has 1 aliphatic carbocycles. The van der Waals surface area contributed by atoms with E-state index < -0.39 is 34.3 Å². The van der Waals surface area contributed by atoms with Crippen molar-refractivity contribution in [3.05, 3.63) is 135 Å². The van der Waals surface area contributed by atoms with Gasteiger partial charge in [0, 0.05) is 0 Å². The second kappa shape index (κ2) is 16.8. The standard InChI is InChI=1S/C47H52F4O2P2/c1-28-17-29(2)19-37(18-28)54(40-25-35(27-48)24-36(26-40)47(49,50)51)34(7)41-14-12-15-42(41)43-13-10-11-16-44(43)55(38-20-30(3)45(52-8)31(4)21-38)39-22-32(5)46(53-9)33(6)23-39/h10-11,13,16-26,34,41-42H,12,14-15,27H2,1-9H3/t34-,41?,42?,54?/m1/s1. The molecule has 8 heteroatoms. The normalized spacial score (nSPS) is 17.1. The summed E-state index contributed by atoms with van der Waals surface area (Å²) in [6, 6.07) is 28.2. The van der Waals surface area contributed by atoms with Crippen molar-refractivity contribution in [2.24, 2.45) is 5.92 Å². The van der Waals surface area contributed by atoms with Gasteiger partial charge in [0.15, 0.2) is 0 Å². The van der Waals surface area contributed by atoms with Crippen LogP contribution in [-0.2, 0) is 12.9 Å². The molecule has 1 aliphatic rings. The van der Waals surface area contributed by atoms with E-state index in [2.05, 4.69) is 101 Å². The van der Waals surface area contributed by atoms with Crippen molar-refractivity contribution in [1.82, 2.24) is 0 Å². The zero-order valence-corrected chi connectivity index (χ0v) is 35.2. The summed E-state index contributed by atoms with van der Waals surface area (Å²) >= 11 is 0. The molecule has 55 heavy (non-hydrogen) atoms. The van der Waals surface area contributed by atoms with Crippen LogP contribution < -0.4 is 36.0 Å². The molecular formula is C47H52F4O2P2. The fourth-order valence-electron chi connectivity index (χ4n) is 9.10. The first-order valence-corrected chi connectivity index (χ1v) is 21.7. The second-order valence-corrected chi connectivity index (χ2v) is 20.1. The monoisotopic (exact) mass is 786 g/mol. The first-order valence-electron chi connectivity index (χ1n) is 19.0. The van der Waals surface area contributed by atoms with E-state index in [1.807, 2.05) is 13.8 Å². The van der Waals surface area contributed by atoms with Crippen molar-refractivity contribution in [3.63, 3.8) is 0 Å². The van der Waals surface area contributed by atoms with Crippen LogP contribution in [0.3, 0.4) is 0 Å². The molecule has 0 radical (unpaired) electrons. The lowest BCUT2D eigenvalue weighted by Crippen LogP contribution is -2.31. The molecular weight excluding hydrogens is 734 g/mol. The molecule has 1 fully saturated rings. The highest BCUT2D eigenvalue weighted by molar-refractivity contribution is 7.80. The molecule has 4 atom stereocenters. The molecule has 0 aliphatic heterocycles. The third-order valence-corrected chi connectivity index (χ3v) is 16.5. The highest BCUT2D eigenvalue weighted by Crippen LogP contribution is 2.54. The van der Waals surface area contributed by atoms with E-state index in [9.17, 15) is 17.6 Å². The Kier molecular flexibility index (Phi) is 12.5. The van der Waals surface area contributed by atoms with Crippen molar-refractivity contribution in [3.8, 4) is 11.5 Å². The van der Waals surface area contributed by atoms with Gasteiger partial charge in [-0.2, -0.15) is 13.2 Å². The summed E-state index contributed by atoms with van der Waals surface area (Å²) in [6.07, 6.45) is -1.58. The van der Waals surface area contributed by atoms with Crippen molar-refractivity contribution >= 4 is 42.4 Å². The summed E-state index contributed by atoms with van der Waals surface area (Å²) in [4.78, 5) is 0. The number of alkyl halides is 4. The van der Waals surface area contributed by atoms with Crippen LogP contribution in [0.5, 0.6) is 11.5 Å². The Morgan fingerprint density at radius 1 is 0.673 bits per heavy atom. The SMILES string of the molecule is COc1c(C)cc(P(c2cc(C)c(OC)c(C)c2)c2ccccc2C2CCCC2[C@@H](C)P(c2cc(C)cc(C)c2)c2cc(CF)cc(C(F)(F)F)c2)cc1C. The van der Waals surface area contributed by atoms with Crippen LogP contribution in [0.15, 0.2) is 84.9 Å². The van der Waals surface area contributed by atoms with Crippen LogP contribution in [0.4, 0.5) is 17.6 Å². The number of ether oxygens (including phenoxy) is 2. The number of hydrogen-bond acceptors (Lipinski definition) is 2. The van der Waals surface area contributed by atoms with E-state index in [-0.39, 0.29) is 23.1 Å². The number of halogens is 4. The summed E-state index contributed by atoms with van der Waals surface area (Å²) in [5.74, 6) is 2.18. The quantitative estimate of drug-likeness (QED) is 0.0981. The topological polar surface area (TPSA) is 18.5 Å². The molecule has 5 aromatic carbocycles. The summed E-state index contributed by atoms with van der Waals surface area (Å²) < 4.78 is 68.8. The van der Waals surface area contributed by atoms with Gasteiger partial charge < -0.3 is 9.47 Å². The predicted molar refractivity (Wildman–Crippen MR) is 225 cm³/mol.